The van der Waals surface area contributed by atoms with Gasteiger partial charge in [0, 0.05) is 25.8 Å². The lowest BCUT2D eigenvalue weighted by atomic mass is 9.92. The molecule has 0 aliphatic carbocycles. The van der Waals surface area contributed by atoms with Gasteiger partial charge in [-0.2, -0.15) is 0 Å². The molecule has 0 aromatic heterocycles. The summed E-state index contributed by atoms with van der Waals surface area (Å²) in [5, 5.41) is 3.33. The molecular weight excluding hydrogens is 226 g/mol. The molecule has 2 atom stereocenters. The van der Waals surface area contributed by atoms with Gasteiger partial charge in [-0.25, -0.2) is 0 Å². The van der Waals surface area contributed by atoms with Crippen LogP contribution < -0.4 is 5.32 Å². The van der Waals surface area contributed by atoms with Gasteiger partial charge in [0.25, 0.3) is 0 Å². The molecule has 0 radical (unpaired) electrons. The zero-order valence-corrected chi connectivity index (χ0v) is 11.8. The SMILES string of the molecule is CN=C(C)C1CCN(C(=O)C2CC(C)CN2)CC1. The molecule has 2 aliphatic heterocycles. The van der Waals surface area contributed by atoms with Crippen LogP contribution in [0.1, 0.15) is 33.1 Å². The molecule has 0 aromatic rings. The van der Waals surface area contributed by atoms with Crippen molar-refractivity contribution in [2.45, 2.75) is 39.2 Å². The summed E-state index contributed by atoms with van der Waals surface area (Å²) in [6, 6.07) is 0.0671. The van der Waals surface area contributed by atoms with Gasteiger partial charge in [-0.3, -0.25) is 9.79 Å². The van der Waals surface area contributed by atoms with Gasteiger partial charge in [0.1, 0.15) is 0 Å². The van der Waals surface area contributed by atoms with Crippen molar-refractivity contribution in [3.8, 4) is 0 Å². The predicted octanol–water partition coefficient (Wildman–Crippen LogP) is 1.31. The molecule has 2 unspecified atom stereocenters. The maximum absolute atomic E-state index is 12.3. The van der Waals surface area contributed by atoms with Gasteiger partial charge in [0.15, 0.2) is 0 Å². The minimum absolute atomic E-state index is 0.0671. The van der Waals surface area contributed by atoms with Gasteiger partial charge in [-0.05, 0) is 44.6 Å². The highest BCUT2D eigenvalue weighted by Gasteiger charge is 2.32. The number of carbonyl (C=O) groups excluding carboxylic acids is 1. The molecule has 1 amide bonds. The van der Waals surface area contributed by atoms with Crippen molar-refractivity contribution in [3.63, 3.8) is 0 Å². The van der Waals surface area contributed by atoms with Gasteiger partial charge in [0.2, 0.25) is 5.91 Å². The van der Waals surface area contributed by atoms with Gasteiger partial charge in [-0.1, -0.05) is 6.92 Å². The van der Waals surface area contributed by atoms with Crippen LogP contribution in [0.2, 0.25) is 0 Å². The standard InChI is InChI=1S/C14H25N3O/c1-10-8-13(16-9-10)14(18)17-6-4-12(5-7-17)11(2)15-3/h10,12-13,16H,4-9H2,1-3H3. The van der Waals surface area contributed by atoms with E-state index in [1.807, 2.05) is 11.9 Å². The van der Waals surface area contributed by atoms with Crippen LogP contribution in [-0.4, -0.2) is 49.2 Å². The number of nitrogens with one attached hydrogen (secondary N) is 1. The van der Waals surface area contributed by atoms with E-state index in [2.05, 4.69) is 24.2 Å². The number of amides is 1. The van der Waals surface area contributed by atoms with Gasteiger partial charge in [0.05, 0.1) is 6.04 Å². The zero-order valence-electron chi connectivity index (χ0n) is 11.8. The monoisotopic (exact) mass is 251 g/mol. The Labute approximate surface area is 110 Å². The summed E-state index contributed by atoms with van der Waals surface area (Å²) in [7, 11) is 1.86. The van der Waals surface area contributed by atoms with Crippen molar-refractivity contribution < 1.29 is 4.79 Å². The third kappa shape index (κ3) is 2.91. The minimum Gasteiger partial charge on any atom is -0.341 e. The highest BCUT2D eigenvalue weighted by atomic mass is 16.2. The Morgan fingerprint density at radius 3 is 2.50 bits per heavy atom. The molecule has 4 nitrogen and oxygen atoms in total. The van der Waals surface area contributed by atoms with E-state index >= 15 is 0 Å². The number of likely N-dealkylation sites (tertiary alicyclic amines) is 1. The van der Waals surface area contributed by atoms with Crippen LogP contribution in [0.3, 0.4) is 0 Å². The van der Waals surface area contributed by atoms with Crippen molar-refractivity contribution in [2.75, 3.05) is 26.7 Å². The maximum atomic E-state index is 12.3. The van der Waals surface area contributed by atoms with Crippen LogP contribution in [0.15, 0.2) is 4.99 Å². The van der Waals surface area contributed by atoms with E-state index in [0.717, 1.165) is 38.9 Å². The maximum Gasteiger partial charge on any atom is 0.239 e. The first-order valence-corrected chi connectivity index (χ1v) is 7.07. The lowest BCUT2D eigenvalue weighted by Crippen LogP contribution is -2.47. The number of aliphatic imine (C=N–C) groups is 1. The Balaban J connectivity index is 1.84. The predicted molar refractivity (Wildman–Crippen MR) is 73.9 cm³/mol. The number of carbonyl (C=O) groups is 1. The summed E-state index contributed by atoms with van der Waals surface area (Å²) in [6.45, 7) is 7.07. The molecule has 2 aliphatic rings. The molecule has 4 heteroatoms. The summed E-state index contributed by atoms with van der Waals surface area (Å²) < 4.78 is 0. The van der Waals surface area contributed by atoms with Gasteiger partial charge in [-0.15, -0.1) is 0 Å². The first kappa shape index (κ1) is 13.5. The van der Waals surface area contributed by atoms with Crippen LogP contribution in [0.25, 0.3) is 0 Å². The van der Waals surface area contributed by atoms with E-state index in [1.54, 1.807) is 0 Å². The molecule has 0 saturated carbocycles. The zero-order chi connectivity index (χ0) is 13.1. The smallest absolute Gasteiger partial charge is 0.239 e. The normalized spacial score (nSPS) is 30.8. The lowest BCUT2D eigenvalue weighted by molar-refractivity contribution is -0.134. The second kappa shape index (κ2) is 5.83. The minimum atomic E-state index is 0.0671. The summed E-state index contributed by atoms with van der Waals surface area (Å²) in [4.78, 5) is 18.6. The van der Waals surface area contributed by atoms with E-state index in [4.69, 9.17) is 0 Å². The highest BCUT2D eigenvalue weighted by Crippen LogP contribution is 2.21. The molecule has 0 aromatic carbocycles. The molecule has 18 heavy (non-hydrogen) atoms. The van der Waals surface area contributed by atoms with E-state index in [-0.39, 0.29) is 6.04 Å². The molecule has 2 saturated heterocycles. The molecule has 102 valence electrons. The van der Waals surface area contributed by atoms with E-state index < -0.39 is 0 Å². The largest absolute Gasteiger partial charge is 0.341 e. The molecule has 0 bridgehead atoms. The molecule has 0 spiro atoms. The lowest BCUT2D eigenvalue weighted by Gasteiger charge is -2.33. The quantitative estimate of drug-likeness (QED) is 0.752. The molecule has 2 rings (SSSR count). The third-order valence-electron chi connectivity index (χ3n) is 4.40. The average Bonchev–Trinajstić information content (AvgIpc) is 2.84. The summed E-state index contributed by atoms with van der Waals surface area (Å²) in [5.41, 5.74) is 1.23. The topological polar surface area (TPSA) is 44.7 Å². The van der Waals surface area contributed by atoms with Crippen molar-refractivity contribution in [3.05, 3.63) is 0 Å². The molecule has 1 N–H and O–H groups in total. The Hall–Kier alpha value is -0.900. The fraction of sp³-hybridized carbons (Fsp3) is 0.857. The molecule has 2 heterocycles. The number of piperidine rings is 1. The summed E-state index contributed by atoms with van der Waals surface area (Å²) in [5.74, 6) is 1.52. The molecule has 2 fully saturated rings. The van der Waals surface area contributed by atoms with Crippen molar-refractivity contribution in [1.29, 1.82) is 0 Å². The first-order valence-electron chi connectivity index (χ1n) is 7.07. The van der Waals surface area contributed by atoms with Crippen LogP contribution in [0, 0.1) is 11.8 Å². The second-order valence-corrected chi connectivity index (χ2v) is 5.77. The fourth-order valence-electron chi connectivity index (χ4n) is 3.02. The third-order valence-corrected chi connectivity index (χ3v) is 4.40. The van der Waals surface area contributed by atoms with Gasteiger partial charge >= 0.3 is 0 Å². The van der Waals surface area contributed by atoms with Crippen LogP contribution in [0.4, 0.5) is 0 Å². The average molecular weight is 251 g/mol. The number of rotatable bonds is 2. The van der Waals surface area contributed by atoms with E-state index in [0.29, 0.717) is 17.7 Å². The summed E-state index contributed by atoms with van der Waals surface area (Å²) in [6.07, 6.45) is 3.13. The Morgan fingerprint density at radius 1 is 1.33 bits per heavy atom. The van der Waals surface area contributed by atoms with Gasteiger partial charge < -0.3 is 10.2 Å². The highest BCUT2D eigenvalue weighted by molar-refractivity contribution is 5.85. The van der Waals surface area contributed by atoms with Crippen LogP contribution in [-0.2, 0) is 4.79 Å². The number of nitrogens with zero attached hydrogens (tertiary/aromatic N) is 2. The van der Waals surface area contributed by atoms with Crippen LogP contribution >= 0.6 is 0 Å². The summed E-state index contributed by atoms with van der Waals surface area (Å²) >= 11 is 0. The van der Waals surface area contributed by atoms with E-state index in [1.165, 1.54) is 5.71 Å². The van der Waals surface area contributed by atoms with Crippen LogP contribution in [0.5, 0.6) is 0 Å². The Bertz CT molecular complexity index is 332. The Morgan fingerprint density at radius 2 is 2.00 bits per heavy atom. The van der Waals surface area contributed by atoms with Crippen molar-refractivity contribution in [1.82, 2.24) is 10.2 Å². The fourth-order valence-corrected chi connectivity index (χ4v) is 3.02. The number of hydrogen-bond acceptors (Lipinski definition) is 3. The Kier molecular flexibility index (Phi) is 4.38. The van der Waals surface area contributed by atoms with E-state index in [9.17, 15) is 4.79 Å². The molecular formula is C14H25N3O. The number of hydrogen-bond donors (Lipinski definition) is 1. The second-order valence-electron chi connectivity index (χ2n) is 5.77. The van der Waals surface area contributed by atoms with Crippen molar-refractivity contribution >= 4 is 11.6 Å². The van der Waals surface area contributed by atoms with Crippen molar-refractivity contribution in [2.24, 2.45) is 16.8 Å². The first-order chi connectivity index (χ1) is 8.61.